The van der Waals surface area contributed by atoms with Crippen LogP contribution in [0.1, 0.15) is 11.3 Å². The Bertz CT molecular complexity index is 515. The fourth-order valence-electron chi connectivity index (χ4n) is 1.87. The van der Waals surface area contributed by atoms with Crippen LogP contribution >= 0.6 is 0 Å². The summed E-state index contributed by atoms with van der Waals surface area (Å²) in [6, 6.07) is 5.95. The van der Waals surface area contributed by atoms with E-state index in [1.807, 2.05) is 39.1 Å². The molecule has 0 aliphatic rings. The number of nitrogens with zero attached hydrogens (tertiary/aromatic N) is 2. The van der Waals surface area contributed by atoms with Gasteiger partial charge in [0.2, 0.25) is 0 Å². The molecule has 1 aromatic carbocycles. The topological polar surface area (TPSA) is 47.0 Å². The van der Waals surface area contributed by atoms with Crippen molar-refractivity contribution in [2.75, 3.05) is 19.5 Å². The van der Waals surface area contributed by atoms with E-state index < -0.39 is 0 Å². The van der Waals surface area contributed by atoms with Crippen LogP contribution in [0.4, 0.5) is 5.69 Å². The normalized spacial score (nSPS) is 10.2. The smallest absolute Gasteiger partial charge is 0.159 e. The Morgan fingerprint density at radius 3 is 2.56 bits per heavy atom. The van der Waals surface area contributed by atoms with Gasteiger partial charge < -0.3 is 10.1 Å². The molecule has 94 valence electrons. The number of nitrogens with one attached hydrogen (secondary N) is 1. The Hall–Kier alpha value is -2.10. The lowest BCUT2D eigenvalue weighted by atomic mass is 10.1. The molecule has 4 heteroatoms. The summed E-state index contributed by atoms with van der Waals surface area (Å²) < 4.78 is 5.25. The molecular formula is C14H17N3O. The third-order valence-electron chi connectivity index (χ3n) is 2.90. The van der Waals surface area contributed by atoms with Crippen LogP contribution in [0.25, 0.3) is 11.4 Å². The van der Waals surface area contributed by atoms with Crippen molar-refractivity contribution < 1.29 is 4.74 Å². The van der Waals surface area contributed by atoms with Crippen LogP contribution in [0.5, 0.6) is 5.75 Å². The molecule has 0 aliphatic heterocycles. The fourth-order valence-corrected chi connectivity index (χ4v) is 1.87. The van der Waals surface area contributed by atoms with Gasteiger partial charge in [0.15, 0.2) is 5.82 Å². The van der Waals surface area contributed by atoms with Crippen LogP contribution in [0.15, 0.2) is 24.4 Å². The molecule has 0 saturated carbocycles. The zero-order valence-corrected chi connectivity index (χ0v) is 11.1. The van der Waals surface area contributed by atoms with Gasteiger partial charge in [-0.25, -0.2) is 9.97 Å². The maximum absolute atomic E-state index is 5.25. The minimum atomic E-state index is 0.734. The number of hydrogen-bond donors (Lipinski definition) is 1. The molecule has 4 nitrogen and oxygen atoms in total. The summed E-state index contributed by atoms with van der Waals surface area (Å²) in [5.41, 5.74) is 3.97. The second-order valence-corrected chi connectivity index (χ2v) is 4.13. The highest BCUT2D eigenvalue weighted by Crippen LogP contribution is 2.24. The standard InChI is InChI=1S/C14H17N3O/c1-9-7-11(5-6-13(9)18-4)14-16-8-12(15-3)10(2)17-14/h5-8,15H,1-4H3. The lowest BCUT2D eigenvalue weighted by molar-refractivity contribution is 0.412. The molecule has 18 heavy (non-hydrogen) atoms. The third kappa shape index (κ3) is 2.27. The van der Waals surface area contributed by atoms with Crippen molar-refractivity contribution in [2.45, 2.75) is 13.8 Å². The first kappa shape index (κ1) is 12.4. The van der Waals surface area contributed by atoms with Crippen LogP contribution in [-0.2, 0) is 0 Å². The van der Waals surface area contributed by atoms with Crippen molar-refractivity contribution in [1.29, 1.82) is 0 Å². The summed E-state index contributed by atoms with van der Waals surface area (Å²) in [5, 5.41) is 3.06. The van der Waals surface area contributed by atoms with E-state index in [2.05, 4.69) is 15.3 Å². The zero-order valence-electron chi connectivity index (χ0n) is 11.1. The number of anilines is 1. The van der Waals surface area contributed by atoms with Gasteiger partial charge in [-0.1, -0.05) is 0 Å². The van der Waals surface area contributed by atoms with Gasteiger partial charge in [-0.15, -0.1) is 0 Å². The van der Waals surface area contributed by atoms with Gasteiger partial charge in [-0.05, 0) is 37.6 Å². The molecular weight excluding hydrogens is 226 g/mol. The first-order valence-electron chi connectivity index (χ1n) is 5.82. The lowest BCUT2D eigenvalue weighted by Crippen LogP contribution is -1.98. The van der Waals surface area contributed by atoms with Gasteiger partial charge in [0.05, 0.1) is 24.7 Å². The van der Waals surface area contributed by atoms with E-state index >= 15 is 0 Å². The van der Waals surface area contributed by atoms with Crippen molar-refractivity contribution in [1.82, 2.24) is 9.97 Å². The van der Waals surface area contributed by atoms with Crippen molar-refractivity contribution in [3.05, 3.63) is 35.7 Å². The van der Waals surface area contributed by atoms with E-state index in [1.54, 1.807) is 13.3 Å². The summed E-state index contributed by atoms with van der Waals surface area (Å²) in [5.74, 6) is 1.61. The number of aromatic nitrogens is 2. The first-order valence-corrected chi connectivity index (χ1v) is 5.82. The minimum absolute atomic E-state index is 0.734. The highest BCUT2D eigenvalue weighted by molar-refractivity contribution is 5.60. The highest BCUT2D eigenvalue weighted by Gasteiger charge is 2.06. The zero-order chi connectivity index (χ0) is 13.1. The van der Waals surface area contributed by atoms with E-state index in [0.29, 0.717) is 0 Å². The van der Waals surface area contributed by atoms with Crippen LogP contribution in [0.3, 0.4) is 0 Å². The maximum atomic E-state index is 5.25. The number of hydrogen-bond acceptors (Lipinski definition) is 4. The summed E-state index contributed by atoms with van der Waals surface area (Å²) in [6.07, 6.45) is 1.80. The third-order valence-corrected chi connectivity index (χ3v) is 2.90. The largest absolute Gasteiger partial charge is 0.496 e. The molecule has 0 radical (unpaired) electrons. The summed E-state index contributed by atoms with van der Waals surface area (Å²) in [4.78, 5) is 8.86. The predicted molar refractivity (Wildman–Crippen MR) is 73.0 cm³/mol. The van der Waals surface area contributed by atoms with Crippen molar-refractivity contribution in [3.63, 3.8) is 0 Å². The van der Waals surface area contributed by atoms with Gasteiger partial charge >= 0.3 is 0 Å². The molecule has 1 heterocycles. The summed E-state index contributed by atoms with van der Waals surface area (Å²) in [6.45, 7) is 3.98. The van der Waals surface area contributed by atoms with Crippen LogP contribution in [0.2, 0.25) is 0 Å². The molecule has 0 spiro atoms. The van der Waals surface area contributed by atoms with Crippen LogP contribution in [-0.4, -0.2) is 24.1 Å². The summed E-state index contributed by atoms with van der Waals surface area (Å²) in [7, 11) is 3.53. The van der Waals surface area contributed by atoms with Crippen LogP contribution in [0, 0.1) is 13.8 Å². The van der Waals surface area contributed by atoms with E-state index in [9.17, 15) is 0 Å². The van der Waals surface area contributed by atoms with Crippen molar-refractivity contribution in [3.8, 4) is 17.1 Å². The molecule has 0 aliphatic carbocycles. The summed E-state index contributed by atoms with van der Waals surface area (Å²) >= 11 is 0. The Kier molecular flexibility index (Phi) is 3.46. The molecule has 1 aromatic heterocycles. The second kappa shape index (κ2) is 5.04. The first-order chi connectivity index (χ1) is 8.65. The fraction of sp³-hybridized carbons (Fsp3) is 0.286. The molecule has 0 saturated heterocycles. The van der Waals surface area contributed by atoms with Gasteiger partial charge in [-0.3, -0.25) is 0 Å². The quantitative estimate of drug-likeness (QED) is 0.900. The molecule has 0 amide bonds. The van der Waals surface area contributed by atoms with Crippen molar-refractivity contribution >= 4 is 5.69 Å². The minimum Gasteiger partial charge on any atom is -0.496 e. The lowest BCUT2D eigenvalue weighted by Gasteiger charge is -2.08. The molecule has 0 fully saturated rings. The Morgan fingerprint density at radius 1 is 1.22 bits per heavy atom. The van der Waals surface area contributed by atoms with E-state index in [1.165, 1.54) is 0 Å². The molecule has 1 N–H and O–H groups in total. The van der Waals surface area contributed by atoms with E-state index in [-0.39, 0.29) is 0 Å². The number of benzene rings is 1. The number of aryl methyl sites for hydroxylation is 2. The molecule has 0 atom stereocenters. The molecule has 2 rings (SSSR count). The average Bonchev–Trinajstić information content (AvgIpc) is 2.38. The maximum Gasteiger partial charge on any atom is 0.159 e. The van der Waals surface area contributed by atoms with Gasteiger partial charge in [-0.2, -0.15) is 0 Å². The van der Waals surface area contributed by atoms with Crippen molar-refractivity contribution in [2.24, 2.45) is 0 Å². The Balaban J connectivity index is 2.42. The second-order valence-electron chi connectivity index (χ2n) is 4.13. The molecule has 2 aromatic rings. The van der Waals surface area contributed by atoms with Gasteiger partial charge in [0.25, 0.3) is 0 Å². The number of methoxy groups -OCH3 is 1. The van der Waals surface area contributed by atoms with Gasteiger partial charge in [0, 0.05) is 12.6 Å². The monoisotopic (exact) mass is 243 g/mol. The Labute approximate surface area is 107 Å². The van der Waals surface area contributed by atoms with E-state index in [4.69, 9.17) is 4.74 Å². The molecule has 0 unspecified atom stereocenters. The van der Waals surface area contributed by atoms with Crippen LogP contribution < -0.4 is 10.1 Å². The average molecular weight is 243 g/mol. The predicted octanol–water partition coefficient (Wildman–Crippen LogP) is 2.81. The highest BCUT2D eigenvalue weighted by atomic mass is 16.5. The van der Waals surface area contributed by atoms with E-state index in [0.717, 1.165) is 34.1 Å². The number of ether oxygens (including phenoxy) is 1. The number of rotatable bonds is 3. The SMILES string of the molecule is CNc1cnc(-c2ccc(OC)c(C)c2)nc1C. The molecule has 0 bridgehead atoms. The van der Waals surface area contributed by atoms with Gasteiger partial charge in [0.1, 0.15) is 5.75 Å². The Morgan fingerprint density at radius 2 is 2.00 bits per heavy atom.